The highest BCUT2D eigenvalue weighted by Gasteiger charge is 2.33. The van der Waals surface area contributed by atoms with Crippen molar-refractivity contribution >= 4 is 39.3 Å². The molecule has 4 aromatic rings. The van der Waals surface area contributed by atoms with Gasteiger partial charge in [0.05, 0.1) is 17.5 Å². The zero-order valence-corrected chi connectivity index (χ0v) is 23.8. The van der Waals surface area contributed by atoms with Gasteiger partial charge in [0.1, 0.15) is 11.6 Å². The quantitative estimate of drug-likeness (QED) is 0.344. The van der Waals surface area contributed by atoms with Crippen molar-refractivity contribution in [1.29, 1.82) is 0 Å². The Kier molecular flexibility index (Phi) is 6.50. The number of anilines is 2. The van der Waals surface area contributed by atoms with E-state index in [4.69, 9.17) is 14.7 Å². The highest BCUT2D eigenvalue weighted by Crippen LogP contribution is 2.45. The molecule has 0 spiro atoms. The maximum absolute atomic E-state index is 12.3. The van der Waals surface area contributed by atoms with Gasteiger partial charge in [-0.05, 0) is 61.0 Å². The monoisotopic (exact) mass is 548 g/mol. The highest BCUT2D eigenvalue weighted by atomic mass is 16.5. The fraction of sp³-hybridized carbons (Fsp3) is 0.364. The largest absolute Gasteiger partial charge is 0.492 e. The van der Waals surface area contributed by atoms with Crippen molar-refractivity contribution in [2.24, 2.45) is 0 Å². The second-order valence-electron chi connectivity index (χ2n) is 11.5. The number of piperazine rings is 1. The van der Waals surface area contributed by atoms with E-state index in [1.165, 1.54) is 33.5 Å². The second kappa shape index (κ2) is 10.3. The minimum atomic E-state index is -0.0198. The summed E-state index contributed by atoms with van der Waals surface area (Å²) >= 11 is 0. The number of ether oxygens (including phenoxy) is 1. The number of hydrogen-bond donors (Lipinski definition) is 0. The van der Waals surface area contributed by atoms with Gasteiger partial charge < -0.3 is 24.3 Å². The molecule has 0 unspecified atom stereocenters. The van der Waals surface area contributed by atoms with E-state index >= 15 is 0 Å². The molecule has 0 saturated carbocycles. The fourth-order valence-electron chi connectivity index (χ4n) is 6.39. The van der Waals surface area contributed by atoms with Crippen LogP contribution in [0.5, 0.6) is 5.75 Å². The Morgan fingerprint density at radius 2 is 1.78 bits per heavy atom. The number of carbonyl (C=O) groups is 1. The van der Waals surface area contributed by atoms with Crippen LogP contribution in [-0.2, 0) is 11.2 Å². The number of fused-ring (bicyclic) bond motifs is 4. The molecule has 2 saturated heterocycles. The molecule has 8 nitrogen and oxygen atoms in total. The Bertz CT molecular complexity index is 1650. The Morgan fingerprint density at radius 1 is 1.00 bits per heavy atom. The number of rotatable bonds is 5. The predicted octanol–water partition coefficient (Wildman–Crippen LogP) is 4.36. The van der Waals surface area contributed by atoms with E-state index in [1.54, 1.807) is 0 Å². The van der Waals surface area contributed by atoms with Crippen LogP contribution in [0.3, 0.4) is 0 Å². The van der Waals surface area contributed by atoms with Crippen molar-refractivity contribution in [2.75, 3.05) is 69.8 Å². The lowest BCUT2D eigenvalue weighted by Crippen LogP contribution is -2.58. The molecule has 210 valence electrons. The van der Waals surface area contributed by atoms with Crippen LogP contribution >= 0.6 is 0 Å². The van der Waals surface area contributed by atoms with Crippen LogP contribution in [0.1, 0.15) is 12.0 Å². The van der Waals surface area contributed by atoms with Crippen molar-refractivity contribution in [3.63, 3.8) is 0 Å². The van der Waals surface area contributed by atoms with Crippen molar-refractivity contribution < 1.29 is 9.53 Å². The third-order valence-electron chi connectivity index (χ3n) is 8.85. The zero-order valence-electron chi connectivity index (χ0n) is 23.8. The van der Waals surface area contributed by atoms with E-state index in [2.05, 4.69) is 83.9 Å². The molecular formula is C33H36N6O2. The van der Waals surface area contributed by atoms with Crippen LogP contribution in [0.2, 0.25) is 0 Å². The van der Waals surface area contributed by atoms with Gasteiger partial charge in [0, 0.05) is 50.9 Å². The molecule has 1 amide bonds. The summed E-state index contributed by atoms with van der Waals surface area (Å²) in [4.78, 5) is 31.4. The molecule has 0 bridgehead atoms. The smallest absolute Gasteiger partial charge is 0.246 e. The first-order valence-electron chi connectivity index (χ1n) is 14.6. The summed E-state index contributed by atoms with van der Waals surface area (Å²) in [5.74, 6) is 2.56. The molecule has 1 aromatic heterocycles. The number of amides is 1. The first-order chi connectivity index (χ1) is 20.0. The van der Waals surface area contributed by atoms with E-state index in [0.717, 1.165) is 54.3 Å². The van der Waals surface area contributed by atoms with Crippen LogP contribution in [0, 0.1) is 0 Å². The van der Waals surface area contributed by atoms with Gasteiger partial charge in [-0.3, -0.25) is 4.79 Å². The highest BCUT2D eigenvalue weighted by molar-refractivity contribution is 6.04. The molecule has 2 fully saturated rings. The number of nitrogens with zero attached hydrogens (tertiary/aromatic N) is 6. The van der Waals surface area contributed by atoms with Crippen molar-refractivity contribution in [1.82, 2.24) is 19.8 Å². The lowest BCUT2D eigenvalue weighted by atomic mass is 9.89. The molecule has 41 heavy (non-hydrogen) atoms. The molecule has 4 heterocycles. The van der Waals surface area contributed by atoms with Gasteiger partial charge in [-0.15, -0.1) is 0 Å². The summed E-state index contributed by atoms with van der Waals surface area (Å²) in [7, 11) is 4.25. The van der Waals surface area contributed by atoms with Gasteiger partial charge in [0.2, 0.25) is 11.9 Å². The standard InChI is InChI=1S/C33H36N6O2/c1-4-29(40)37-14-16-38(17-15-37)32-30-28(34-33(35-32)39-20-23(21-39)36(2)3)19-27(26-13-8-18-41-31(26)30)25-12-7-10-22-9-5-6-11-24(22)25/h4-7,9-12,19,23H,1,8,13-18,20-21H2,2-3H3. The van der Waals surface area contributed by atoms with Crippen molar-refractivity contribution in [3.05, 3.63) is 66.7 Å². The summed E-state index contributed by atoms with van der Waals surface area (Å²) in [6, 6.07) is 17.8. The molecule has 0 aliphatic carbocycles. The van der Waals surface area contributed by atoms with Gasteiger partial charge >= 0.3 is 0 Å². The van der Waals surface area contributed by atoms with Crippen LogP contribution in [0.4, 0.5) is 11.8 Å². The second-order valence-corrected chi connectivity index (χ2v) is 11.5. The lowest BCUT2D eigenvalue weighted by molar-refractivity contribution is -0.126. The normalized spacial score (nSPS) is 17.5. The molecule has 8 heteroatoms. The summed E-state index contributed by atoms with van der Waals surface area (Å²) in [6.07, 6.45) is 3.33. The molecule has 0 N–H and O–H groups in total. The number of carbonyl (C=O) groups excluding carboxylic acids is 1. The number of likely N-dealkylation sites (N-methyl/N-ethyl adjacent to an activating group) is 1. The Morgan fingerprint density at radius 3 is 2.56 bits per heavy atom. The number of aromatic nitrogens is 2. The average Bonchev–Trinajstić information content (AvgIpc) is 2.98. The van der Waals surface area contributed by atoms with Gasteiger partial charge in [-0.1, -0.05) is 49.0 Å². The predicted molar refractivity (Wildman–Crippen MR) is 165 cm³/mol. The molecule has 0 radical (unpaired) electrons. The summed E-state index contributed by atoms with van der Waals surface area (Å²) < 4.78 is 6.50. The zero-order chi connectivity index (χ0) is 28.1. The summed E-state index contributed by atoms with van der Waals surface area (Å²) in [5.41, 5.74) is 4.54. The Labute approximate surface area is 240 Å². The Hall–Kier alpha value is -4.17. The molecule has 3 aromatic carbocycles. The van der Waals surface area contributed by atoms with E-state index in [0.29, 0.717) is 38.8 Å². The maximum atomic E-state index is 12.3. The van der Waals surface area contributed by atoms with Gasteiger partial charge in [0.15, 0.2) is 0 Å². The third kappa shape index (κ3) is 4.47. The lowest BCUT2D eigenvalue weighted by Gasteiger charge is -2.43. The van der Waals surface area contributed by atoms with E-state index in [9.17, 15) is 4.79 Å². The molecule has 0 atom stereocenters. The summed E-state index contributed by atoms with van der Waals surface area (Å²) in [6.45, 7) is 8.82. The van der Waals surface area contributed by atoms with Gasteiger partial charge in [-0.2, -0.15) is 4.98 Å². The fourth-order valence-corrected chi connectivity index (χ4v) is 6.39. The van der Waals surface area contributed by atoms with Crippen LogP contribution < -0.4 is 14.5 Å². The topological polar surface area (TPSA) is 65.0 Å². The van der Waals surface area contributed by atoms with Crippen LogP contribution in [0.15, 0.2) is 61.2 Å². The van der Waals surface area contributed by atoms with Crippen molar-refractivity contribution in [2.45, 2.75) is 18.9 Å². The molecular weight excluding hydrogens is 512 g/mol. The SMILES string of the molecule is C=CC(=O)N1CCN(c2nc(N3CC(N(C)C)C3)nc3cc(-c4cccc5ccccc45)c4c(c23)OCCC4)CC1. The first kappa shape index (κ1) is 25.8. The maximum Gasteiger partial charge on any atom is 0.246 e. The van der Waals surface area contributed by atoms with E-state index < -0.39 is 0 Å². The minimum Gasteiger partial charge on any atom is -0.492 e. The Balaban J connectivity index is 1.40. The molecule has 3 aliphatic heterocycles. The third-order valence-corrected chi connectivity index (χ3v) is 8.85. The minimum absolute atomic E-state index is 0.0198. The van der Waals surface area contributed by atoms with Crippen LogP contribution in [-0.4, -0.2) is 91.7 Å². The number of benzene rings is 3. The number of hydrogen-bond acceptors (Lipinski definition) is 7. The first-order valence-corrected chi connectivity index (χ1v) is 14.6. The van der Waals surface area contributed by atoms with E-state index in [-0.39, 0.29) is 5.91 Å². The molecule has 3 aliphatic rings. The van der Waals surface area contributed by atoms with Crippen LogP contribution in [0.25, 0.3) is 32.8 Å². The van der Waals surface area contributed by atoms with Gasteiger partial charge in [0.25, 0.3) is 0 Å². The van der Waals surface area contributed by atoms with Crippen molar-refractivity contribution in [3.8, 4) is 16.9 Å². The average molecular weight is 549 g/mol. The summed E-state index contributed by atoms with van der Waals surface area (Å²) in [5, 5.41) is 3.44. The van der Waals surface area contributed by atoms with Gasteiger partial charge in [-0.25, -0.2) is 4.98 Å². The molecule has 7 rings (SSSR count). The van der Waals surface area contributed by atoms with E-state index in [1.807, 2.05) is 4.90 Å².